The number of hydrogen-bond acceptors (Lipinski definition) is 5. The molecule has 11 heteroatoms. The maximum Gasteiger partial charge on any atom is 0.284 e. The minimum Gasteiger partial charge on any atom is -0.379 e. The second kappa shape index (κ2) is 9.95. The Bertz CT molecular complexity index is 1270. The van der Waals surface area contributed by atoms with Crippen LogP contribution in [0.25, 0.3) is 22.4 Å². The molecule has 0 saturated heterocycles. The van der Waals surface area contributed by atoms with Crippen molar-refractivity contribution in [3.8, 4) is 22.4 Å². The van der Waals surface area contributed by atoms with Crippen molar-refractivity contribution in [1.29, 1.82) is 0 Å². The molecule has 2 heterocycles. The van der Waals surface area contributed by atoms with E-state index in [9.17, 15) is 9.59 Å². The second-order valence-electron chi connectivity index (χ2n) is 8.74. The van der Waals surface area contributed by atoms with Gasteiger partial charge in [0.2, 0.25) is 5.91 Å². The molecule has 0 radical (unpaired) electrons. The number of benzene rings is 1. The number of nitrogens with one attached hydrogen (secondary N) is 1. The van der Waals surface area contributed by atoms with E-state index in [1.807, 2.05) is 0 Å². The number of imidazole rings is 1. The van der Waals surface area contributed by atoms with E-state index in [0.717, 1.165) is 25.7 Å². The van der Waals surface area contributed by atoms with Crippen LogP contribution in [0.1, 0.15) is 42.0 Å². The maximum atomic E-state index is 15.1. The van der Waals surface area contributed by atoms with Gasteiger partial charge >= 0.3 is 0 Å². The molecule has 35 heavy (non-hydrogen) atoms. The number of methoxy groups -OCH3 is 1. The third kappa shape index (κ3) is 4.81. The third-order valence-electron chi connectivity index (χ3n) is 6.46. The fourth-order valence-electron chi connectivity index (χ4n) is 4.65. The van der Waals surface area contributed by atoms with Crippen molar-refractivity contribution in [2.75, 3.05) is 7.11 Å². The summed E-state index contributed by atoms with van der Waals surface area (Å²) in [5.74, 6) is -3.22. The second-order valence-corrected chi connectivity index (χ2v) is 8.74. The Morgan fingerprint density at radius 2 is 1.86 bits per heavy atom. The van der Waals surface area contributed by atoms with E-state index in [4.69, 9.17) is 10.5 Å². The highest BCUT2D eigenvalue weighted by Gasteiger charge is 2.27. The number of nitrogens with zero attached hydrogens (tertiary/aromatic N) is 4. The van der Waals surface area contributed by atoms with Crippen molar-refractivity contribution >= 4 is 11.8 Å². The van der Waals surface area contributed by atoms with Gasteiger partial charge in [-0.25, -0.2) is 13.8 Å². The monoisotopic (exact) mass is 486 g/mol. The molecule has 0 aliphatic heterocycles. The number of aromatic nitrogens is 4. The molecule has 0 unspecified atom stereocenters. The smallest absolute Gasteiger partial charge is 0.284 e. The van der Waals surface area contributed by atoms with Gasteiger partial charge in [-0.1, -0.05) is 18.9 Å². The highest BCUT2D eigenvalue weighted by atomic mass is 19.2. The lowest BCUT2D eigenvalue weighted by molar-refractivity contribution is -0.124. The maximum absolute atomic E-state index is 15.1. The molecule has 1 fully saturated rings. The van der Waals surface area contributed by atoms with Crippen molar-refractivity contribution in [2.24, 2.45) is 12.8 Å². The summed E-state index contributed by atoms with van der Waals surface area (Å²) in [6.45, 7) is 1.61. The van der Waals surface area contributed by atoms with Gasteiger partial charge in [0.15, 0.2) is 17.5 Å². The van der Waals surface area contributed by atoms with Gasteiger partial charge in [-0.3, -0.25) is 14.3 Å². The molecule has 1 aliphatic rings. The van der Waals surface area contributed by atoms with Gasteiger partial charge in [0.25, 0.3) is 5.91 Å². The number of rotatable bonds is 7. The molecule has 2 atom stereocenters. The SMILES string of the molecule is CO[C@H]1CCCC[C@@H]1NC(=O)Cn1cc(-c2ccc(-c3cnc(C(N)=O)n3C)c(F)c2F)c(C)n1. The summed E-state index contributed by atoms with van der Waals surface area (Å²) in [4.78, 5) is 27.9. The van der Waals surface area contributed by atoms with Gasteiger partial charge in [0.05, 0.1) is 29.7 Å². The summed E-state index contributed by atoms with van der Waals surface area (Å²) >= 11 is 0. The Hall–Kier alpha value is -3.60. The number of nitrogens with two attached hydrogens (primary N) is 1. The molecule has 1 aromatic carbocycles. The zero-order valence-electron chi connectivity index (χ0n) is 19.8. The predicted molar refractivity (Wildman–Crippen MR) is 124 cm³/mol. The van der Waals surface area contributed by atoms with E-state index < -0.39 is 17.5 Å². The van der Waals surface area contributed by atoms with Crippen molar-refractivity contribution < 1.29 is 23.1 Å². The van der Waals surface area contributed by atoms with Gasteiger partial charge in [-0.05, 0) is 25.8 Å². The van der Waals surface area contributed by atoms with Crippen LogP contribution < -0.4 is 11.1 Å². The predicted octanol–water partition coefficient (Wildman–Crippen LogP) is 2.71. The summed E-state index contributed by atoms with van der Waals surface area (Å²) in [5.41, 5.74) is 6.25. The molecular formula is C24H28F2N6O3. The summed E-state index contributed by atoms with van der Waals surface area (Å²) in [6.07, 6.45) is 6.62. The normalized spacial score (nSPS) is 18.0. The van der Waals surface area contributed by atoms with E-state index >= 15 is 8.78 Å². The zero-order valence-corrected chi connectivity index (χ0v) is 19.8. The lowest BCUT2D eigenvalue weighted by Crippen LogP contribution is -2.47. The van der Waals surface area contributed by atoms with Crippen LogP contribution in [0, 0.1) is 18.6 Å². The third-order valence-corrected chi connectivity index (χ3v) is 6.46. The molecule has 1 saturated carbocycles. The molecule has 2 aromatic heterocycles. The molecule has 3 aromatic rings. The van der Waals surface area contributed by atoms with E-state index in [2.05, 4.69) is 15.4 Å². The molecule has 4 rings (SSSR count). The first-order valence-electron chi connectivity index (χ1n) is 11.4. The lowest BCUT2D eigenvalue weighted by atomic mass is 9.92. The van der Waals surface area contributed by atoms with Crippen LogP contribution in [-0.2, 0) is 23.1 Å². The largest absolute Gasteiger partial charge is 0.379 e. The van der Waals surface area contributed by atoms with Crippen LogP contribution >= 0.6 is 0 Å². The van der Waals surface area contributed by atoms with Crippen LogP contribution in [0.2, 0.25) is 0 Å². The van der Waals surface area contributed by atoms with E-state index in [1.54, 1.807) is 14.0 Å². The van der Waals surface area contributed by atoms with Crippen LogP contribution in [-0.4, -0.2) is 50.4 Å². The standard InChI is InChI=1S/C24H28F2N6O3/c1-13-16(11-32(30-13)12-20(33)29-17-6-4-5-7-19(17)35-3)14-8-9-15(22(26)21(14)25)18-10-28-24(23(27)34)31(18)2/h8-11,17,19H,4-7,12H2,1-3H3,(H2,27,34)(H,29,33)/t17-,19-/m0/s1. The molecule has 9 nitrogen and oxygen atoms in total. The van der Waals surface area contributed by atoms with Crippen LogP contribution in [0.4, 0.5) is 8.78 Å². The molecular weight excluding hydrogens is 458 g/mol. The molecule has 0 spiro atoms. The van der Waals surface area contributed by atoms with Gasteiger partial charge < -0.3 is 20.4 Å². The van der Waals surface area contributed by atoms with Crippen LogP contribution in [0.3, 0.4) is 0 Å². The summed E-state index contributed by atoms with van der Waals surface area (Å²) in [7, 11) is 3.14. The summed E-state index contributed by atoms with van der Waals surface area (Å²) in [6, 6.07) is 2.79. The Morgan fingerprint density at radius 3 is 2.54 bits per heavy atom. The van der Waals surface area contributed by atoms with Crippen molar-refractivity contribution in [3.63, 3.8) is 0 Å². The molecule has 186 valence electrons. The Labute approximate surface area is 201 Å². The van der Waals surface area contributed by atoms with E-state index in [1.165, 1.54) is 40.8 Å². The molecule has 1 aliphatic carbocycles. The minimum atomic E-state index is -1.09. The topological polar surface area (TPSA) is 117 Å². The number of hydrogen-bond donors (Lipinski definition) is 2. The first kappa shape index (κ1) is 24.5. The molecule has 3 N–H and O–H groups in total. The van der Waals surface area contributed by atoms with Gasteiger partial charge in [-0.2, -0.15) is 5.10 Å². The van der Waals surface area contributed by atoms with Gasteiger partial charge in [0, 0.05) is 37.0 Å². The highest BCUT2D eigenvalue weighted by molar-refractivity contribution is 5.90. The van der Waals surface area contributed by atoms with Crippen LogP contribution in [0.5, 0.6) is 0 Å². The molecule has 0 bridgehead atoms. The lowest BCUT2D eigenvalue weighted by Gasteiger charge is -2.31. The fourth-order valence-corrected chi connectivity index (χ4v) is 4.65. The summed E-state index contributed by atoms with van der Waals surface area (Å²) < 4.78 is 38.4. The number of aryl methyl sites for hydroxylation is 1. The van der Waals surface area contributed by atoms with Gasteiger partial charge in [0.1, 0.15) is 6.54 Å². The number of amides is 2. The Kier molecular flexibility index (Phi) is 6.97. The average Bonchev–Trinajstić information content (AvgIpc) is 3.38. The average molecular weight is 487 g/mol. The van der Waals surface area contributed by atoms with E-state index in [0.29, 0.717) is 11.3 Å². The highest BCUT2D eigenvalue weighted by Crippen LogP contribution is 2.33. The Morgan fingerprint density at radius 1 is 1.17 bits per heavy atom. The first-order chi connectivity index (χ1) is 16.7. The Balaban J connectivity index is 1.55. The quantitative estimate of drug-likeness (QED) is 0.533. The minimum absolute atomic E-state index is 0.0134. The number of carbonyl (C=O) groups is 2. The van der Waals surface area contributed by atoms with Gasteiger partial charge in [-0.15, -0.1) is 0 Å². The molecule has 2 amide bonds. The fraction of sp³-hybridized carbons (Fsp3) is 0.417. The van der Waals surface area contributed by atoms with Crippen LogP contribution in [0.15, 0.2) is 24.5 Å². The number of halogens is 2. The first-order valence-corrected chi connectivity index (χ1v) is 11.4. The zero-order chi connectivity index (χ0) is 25.3. The van der Waals surface area contributed by atoms with Crippen molar-refractivity contribution in [1.82, 2.24) is 24.6 Å². The number of primary amides is 1. The number of carbonyl (C=O) groups excluding carboxylic acids is 2. The summed E-state index contributed by atoms with van der Waals surface area (Å²) in [5, 5.41) is 7.32. The van der Waals surface area contributed by atoms with Crippen molar-refractivity contribution in [3.05, 3.63) is 47.7 Å². The number of ether oxygens (including phenoxy) is 1. The van der Waals surface area contributed by atoms with E-state index in [-0.39, 0.29) is 47.2 Å². The van der Waals surface area contributed by atoms with Crippen molar-refractivity contribution in [2.45, 2.75) is 51.3 Å².